The van der Waals surface area contributed by atoms with Gasteiger partial charge in [0.05, 0.1) is 12.6 Å². The fourth-order valence-electron chi connectivity index (χ4n) is 2.76. The van der Waals surface area contributed by atoms with Gasteiger partial charge in [-0.1, -0.05) is 23.2 Å². The molecular weight excluding hydrogens is 349 g/mol. The van der Waals surface area contributed by atoms with Crippen molar-refractivity contribution in [3.8, 4) is 0 Å². The van der Waals surface area contributed by atoms with Gasteiger partial charge < -0.3 is 9.64 Å². The predicted molar refractivity (Wildman–Crippen MR) is 93.7 cm³/mol. The van der Waals surface area contributed by atoms with Crippen molar-refractivity contribution in [1.29, 1.82) is 0 Å². The SMILES string of the molecule is Cc1c(Cl)cc(C(=O)N2CCCOC(Cn3cccn3)C2)cc1Cl. The molecular formula is C17H19Cl2N3O2. The maximum Gasteiger partial charge on any atom is 0.254 e. The molecule has 0 saturated carbocycles. The molecule has 1 aliphatic heterocycles. The highest BCUT2D eigenvalue weighted by atomic mass is 35.5. The van der Waals surface area contributed by atoms with E-state index in [2.05, 4.69) is 5.10 Å². The molecule has 1 aromatic carbocycles. The summed E-state index contributed by atoms with van der Waals surface area (Å²) in [5.41, 5.74) is 1.29. The Hall–Kier alpha value is -1.56. The molecule has 7 heteroatoms. The molecule has 5 nitrogen and oxygen atoms in total. The lowest BCUT2D eigenvalue weighted by Crippen LogP contribution is -2.38. The van der Waals surface area contributed by atoms with Crippen LogP contribution in [0.4, 0.5) is 0 Å². The molecule has 1 fully saturated rings. The third-order valence-corrected chi connectivity index (χ3v) is 4.90. The fourth-order valence-corrected chi connectivity index (χ4v) is 3.25. The fraction of sp³-hybridized carbons (Fsp3) is 0.412. The van der Waals surface area contributed by atoms with Gasteiger partial charge >= 0.3 is 0 Å². The number of nitrogens with zero attached hydrogens (tertiary/aromatic N) is 3. The molecule has 1 atom stereocenters. The molecule has 0 radical (unpaired) electrons. The molecule has 0 spiro atoms. The van der Waals surface area contributed by atoms with Crippen LogP contribution in [0.15, 0.2) is 30.6 Å². The molecule has 128 valence electrons. The number of aromatic nitrogens is 2. The van der Waals surface area contributed by atoms with Crippen LogP contribution in [0.25, 0.3) is 0 Å². The van der Waals surface area contributed by atoms with Crippen molar-refractivity contribution in [1.82, 2.24) is 14.7 Å². The Labute approximate surface area is 151 Å². The van der Waals surface area contributed by atoms with Gasteiger partial charge in [0.25, 0.3) is 5.91 Å². The molecule has 1 aromatic heterocycles. The van der Waals surface area contributed by atoms with E-state index in [0.717, 1.165) is 12.0 Å². The first-order valence-corrected chi connectivity index (χ1v) is 8.64. The number of ether oxygens (including phenoxy) is 1. The van der Waals surface area contributed by atoms with Gasteiger partial charge in [0, 0.05) is 47.7 Å². The first-order valence-electron chi connectivity index (χ1n) is 7.88. The summed E-state index contributed by atoms with van der Waals surface area (Å²) >= 11 is 12.3. The minimum absolute atomic E-state index is 0.0743. The van der Waals surface area contributed by atoms with E-state index in [1.807, 2.05) is 23.9 Å². The average molecular weight is 368 g/mol. The number of carbonyl (C=O) groups excluding carboxylic acids is 1. The van der Waals surface area contributed by atoms with E-state index in [0.29, 0.717) is 41.8 Å². The molecule has 24 heavy (non-hydrogen) atoms. The third-order valence-electron chi connectivity index (χ3n) is 4.11. The van der Waals surface area contributed by atoms with Gasteiger partial charge in [-0.3, -0.25) is 9.48 Å². The molecule has 1 saturated heterocycles. The van der Waals surface area contributed by atoms with Crippen LogP contribution in [0.5, 0.6) is 0 Å². The van der Waals surface area contributed by atoms with Crippen LogP contribution >= 0.6 is 23.2 Å². The van der Waals surface area contributed by atoms with Crippen LogP contribution in [-0.2, 0) is 11.3 Å². The number of halogens is 2. The molecule has 0 N–H and O–H groups in total. The van der Waals surface area contributed by atoms with Crippen LogP contribution in [0.2, 0.25) is 10.0 Å². The largest absolute Gasteiger partial charge is 0.374 e. The topological polar surface area (TPSA) is 47.4 Å². The van der Waals surface area contributed by atoms with Gasteiger partial charge in [-0.15, -0.1) is 0 Å². The Bertz CT molecular complexity index is 696. The molecule has 2 heterocycles. The van der Waals surface area contributed by atoms with Crippen LogP contribution in [-0.4, -0.2) is 46.4 Å². The second-order valence-corrected chi connectivity index (χ2v) is 6.70. The van der Waals surface area contributed by atoms with Crippen LogP contribution in [0.3, 0.4) is 0 Å². The van der Waals surface area contributed by atoms with Crippen LogP contribution in [0, 0.1) is 6.92 Å². The second-order valence-electron chi connectivity index (χ2n) is 5.89. The third kappa shape index (κ3) is 3.91. The van der Waals surface area contributed by atoms with Crippen molar-refractivity contribution in [2.24, 2.45) is 0 Å². The summed E-state index contributed by atoms with van der Waals surface area (Å²) in [5.74, 6) is -0.0743. The van der Waals surface area contributed by atoms with E-state index in [4.69, 9.17) is 27.9 Å². The van der Waals surface area contributed by atoms with E-state index in [1.54, 1.807) is 23.2 Å². The minimum Gasteiger partial charge on any atom is -0.374 e. The Kier molecular flexibility index (Phi) is 5.43. The van der Waals surface area contributed by atoms with Crippen molar-refractivity contribution in [2.45, 2.75) is 26.0 Å². The standard InChI is InChI=1S/C17H19Cl2N3O2/c1-12-15(18)8-13(9-16(12)19)17(23)21-5-3-7-24-14(10-21)11-22-6-2-4-20-22/h2,4,6,8-9,14H,3,5,7,10-11H2,1H3. The Morgan fingerprint density at radius 1 is 1.38 bits per heavy atom. The van der Waals surface area contributed by atoms with Crippen molar-refractivity contribution in [3.63, 3.8) is 0 Å². The van der Waals surface area contributed by atoms with E-state index in [-0.39, 0.29) is 12.0 Å². The maximum absolute atomic E-state index is 12.8. The van der Waals surface area contributed by atoms with Crippen molar-refractivity contribution < 1.29 is 9.53 Å². The first kappa shape index (κ1) is 17.3. The molecule has 2 aromatic rings. The molecule has 3 rings (SSSR count). The maximum atomic E-state index is 12.8. The van der Waals surface area contributed by atoms with Crippen molar-refractivity contribution in [3.05, 3.63) is 51.8 Å². The van der Waals surface area contributed by atoms with Crippen LogP contribution in [0.1, 0.15) is 22.3 Å². The van der Waals surface area contributed by atoms with Crippen LogP contribution < -0.4 is 0 Å². The number of hydrogen-bond donors (Lipinski definition) is 0. The number of benzene rings is 1. The van der Waals surface area contributed by atoms with E-state index >= 15 is 0 Å². The molecule has 1 unspecified atom stereocenters. The number of carbonyl (C=O) groups is 1. The highest BCUT2D eigenvalue weighted by Crippen LogP contribution is 2.26. The summed E-state index contributed by atoms with van der Waals surface area (Å²) < 4.78 is 7.67. The molecule has 0 bridgehead atoms. The number of amides is 1. The first-order chi connectivity index (χ1) is 11.5. The van der Waals surface area contributed by atoms with Gasteiger partial charge in [-0.05, 0) is 37.1 Å². The highest BCUT2D eigenvalue weighted by molar-refractivity contribution is 6.36. The average Bonchev–Trinajstić information content (AvgIpc) is 2.95. The lowest BCUT2D eigenvalue weighted by Gasteiger charge is -2.24. The van der Waals surface area contributed by atoms with Gasteiger partial charge in [0.1, 0.15) is 0 Å². The zero-order valence-corrected chi connectivity index (χ0v) is 14.9. The lowest BCUT2D eigenvalue weighted by molar-refractivity contribution is 0.0367. The Morgan fingerprint density at radius 3 is 2.79 bits per heavy atom. The van der Waals surface area contributed by atoms with E-state index in [9.17, 15) is 4.79 Å². The predicted octanol–water partition coefficient (Wildman–Crippen LogP) is 3.43. The summed E-state index contributed by atoms with van der Waals surface area (Å²) in [4.78, 5) is 14.7. The van der Waals surface area contributed by atoms with Crippen molar-refractivity contribution in [2.75, 3.05) is 19.7 Å². The number of hydrogen-bond acceptors (Lipinski definition) is 3. The van der Waals surface area contributed by atoms with Gasteiger partial charge in [0.15, 0.2) is 0 Å². The molecule has 0 aliphatic carbocycles. The van der Waals surface area contributed by atoms with E-state index < -0.39 is 0 Å². The zero-order valence-electron chi connectivity index (χ0n) is 13.4. The Morgan fingerprint density at radius 2 is 2.12 bits per heavy atom. The summed E-state index contributed by atoms with van der Waals surface area (Å²) in [6, 6.07) is 5.23. The highest BCUT2D eigenvalue weighted by Gasteiger charge is 2.24. The van der Waals surface area contributed by atoms with Crippen molar-refractivity contribution >= 4 is 29.1 Å². The smallest absolute Gasteiger partial charge is 0.254 e. The summed E-state index contributed by atoms with van der Waals surface area (Å²) in [6.07, 6.45) is 4.33. The number of rotatable bonds is 3. The zero-order chi connectivity index (χ0) is 17.1. The molecule has 1 aliphatic rings. The summed E-state index contributed by atoms with van der Waals surface area (Å²) in [7, 11) is 0. The van der Waals surface area contributed by atoms with Gasteiger partial charge in [-0.2, -0.15) is 5.10 Å². The lowest BCUT2D eigenvalue weighted by atomic mass is 10.1. The summed E-state index contributed by atoms with van der Waals surface area (Å²) in [6.45, 7) is 4.25. The summed E-state index contributed by atoms with van der Waals surface area (Å²) in [5, 5.41) is 5.21. The molecule has 1 amide bonds. The quantitative estimate of drug-likeness (QED) is 0.834. The van der Waals surface area contributed by atoms with Gasteiger partial charge in [-0.25, -0.2) is 0 Å². The minimum atomic E-state index is -0.0901. The second kappa shape index (κ2) is 7.55. The monoisotopic (exact) mass is 367 g/mol. The normalized spacial score (nSPS) is 18.5. The van der Waals surface area contributed by atoms with E-state index in [1.165, 1.54) is 0 Å². The van der Waals surface area contributed by atoms with Gasteiger partial charge in [0.2, 0.25) is 0 Å². The Balaban J connectivity index is 1.75.